The lowest BCUT2D eigenvalue weighted by molar-refractivity contribution is -0.140. The summed E-state index contributed by atoms with van der Waals surface area (Å²) in [6.45, 7) is 4.73. The van der Waals surface area contributed by atoms with Crippen LogP contribution in [0.4, 0.5) is 14.5 Å². The highest BCUT2D eigenvalue weighted by Gasteiger charge is 2.66. The molecule has 2 N–H and O–H groups in total. The highest BCUT2D eigenvalue weighted by atomic mass is 19.1. The zero-order chi connectivity index (χ0) is 15.2. The maximum absolute atomic E-state index is 13.8. The molecule has 0 spiro atoms. The third-order valence-corrected chi connectivity index (χ3v) is 3.91. The van der Waals surface area contributed by atoms with E-state index in [0.717, 1.165) is 6.07 Å². The number of halogens is 2. The van der Waals surface area contributed by atoms with Crippen LogP contribution >= 0.6 is 0 Å². The molecule has 1 aliphatic rings. The minimum Gasteiger partial charge on any atom is -0.481 e. The van der Waals surface area contributed by atoms with Crippen molar-refractivity contribution in [3.05, 3.63) is 29.3 Å². The molecule has 0 bridgehead atoms. The predicted molar refractivity (Wildman–Crippen MR) is 68.1 cm³/mol. The zero-order valence-corrected chi connectivity index (χ0v) is 11.3. The van der Waals surface area contributed by atoms with Gasteiger partial charge in [0.2, 0.25) is 5.91 Å². The van der Waals surface area contributed by atoms with Gasteiger partial charge < -0.3 is 10.4 Å². The average molecular weight is 283 g/mol. The number of anilines is 1. The van der Waals surface area contributed by atoms with Gasteiger partial charge in [0.15, 0.2) is 5.82 Å². The molecule has 2 unspecified atom stereocenters. The summed E-state index contributed by atoms with van der Waals surface area (Å²) in [5.74, 6) is -5.11. The molecule has 0 heterocycles. The van der Waals surface area contributed by atoms with Crippen molar-refractivity contribution in [2.24, 2.45) is 17.3 Å². The molecule has 1 fully saturated rings. The van der Waals surface area contributed by atoms with Gasteiger partial charge in [-0.1, -0.05) is 19.9 Å². The van der Waals surface area contributed by atoms with Crippen molar-refractivity contribution in [3.63, 3.8) is 0 Å². The van der Waals surface area contributed by atoms with Gasteiger partial charge in [-0.25, -0.2) is 8.78 Å². The van der Waals surface area contributed by atoms with Crippen LogP contribution in [-0.2, 0) is 9.59 Å². The molecular weight excluding hydrogens is 268 g/mol. The average Bonchev–Trinajstić information content (AvgIpc) is 2.93. The van der Waals surface area contributed by atoms with E-state index in [1.165, 1.54) is 13.0 Å². The van der Waals surface area contributed by atoms with Gasteiger partial charge in [0.05, 0.1) is 11.8 Å². The molecule has 2 atom stereocenters. The Morgan fingerprint density at radius 3 is 2.35 bits per heavy atom. The first-order chi connectivity index (χ1) is 9.17. The molecule has 20 heavy (non-hydrogen) atoms. The Labute approximate surface area is 114 Å². The number of carboxylic acid groups (broad SMARTS) is 1. The molecule has 0 radical (unpaired) electrons. The Hall–Kier alpha value is -1.98. The highest BCUT2D eigenvalue weighted by molar-refractivity contribution is 5.99. The molecule has 2 rings (SSSR count). The Balaban J connectivity index is 2.23. The molecule has 0 aliphatic heterocycles. The van der Waals surface area contributed by atoms with Crippen LogP contribution in [0.25, 0.3) is 0 Å². The number of aryl methyl sites for hydroxylation is 1. The number of nitrogens with one attached hydrogen (secondary N) is 1. The molecule has 0 saturated heterocycles. The number of hydrogen-bond donors (Lipinski definition) is 2. The third-order valence-electron chi connectivity index (χ3n) is 3.91. The largest absolute Gasteiger partial charge is 0.481 e. The Bertz CT molecular complexity index is 598. The highest BCUT2D eigenvalue weighted by Crippen LogP contribution is 2.58. The van der Waals surface area contributed by atoms with E-state index in [2.05, 4.69) is 5.32 Å². The molecule has 1 aliphatic carbocycles. The summed E-state index contributed by atoms with van der Waals surface area (Å²) >= 11 is 0. The smallest absolute Gasteiger partial charge is 0.307 e. The van der Waals surface area contributed by atoms with E-state index in [0.29, 0.717) is 0 Å². The maximum atomic E-state index is 13.8. The second-order valence-corrected chi connectivity index (χ2v) is 5.66. The quantitative estimate of drug-likeness (QED) is 0.896. The fourth-order valence-electron chi connectivity index (χ4n) is 2.56. The van der Waals surface area contributed by atoms with Gasteiger partial charge in [0, 0.05) is 0 Å². The van der Waals surface area contributed by atoms with Gasteiger partial charge in [0.25, 0.3) is 0 Å². The van der Waals surface area contributed by atoms with E-state index in [4.69, 9.17) is 5.11 Å². The van der Waals surface area contributed by atoms with Gasteiger partial charge in [-0.3, -0.25) is 9.59 Å². The van der Waals surface area contributed by atoms with Crippen LogP contribution in [0.15, 0.2) is 12.1 Å². The molecule has 1 aromatic rings. The van der Waals surface area contributed by atoms with Crippen LogP contribution in [0.5, 0.6) is 0 Å². The van der Waals surface area contributed by atoms with Crippen LogP contribution in [0.1, 0.15) is 19.4 Å². The van der Waals surface area contributed by atoms with Gasteiger partial charge in [0.1, 0.15) is 11.5 Å². The summed E-state index contributed by atoms with van der Waals surface area (Å²) in [5.41, 5.74) is -1.04. The first kappa shape index (κ1) is 14.4. The molecule has 1 aromatic carbocycles. The van der Waals surface area contributed by atoms with Crippen LogP contribution in [0.3, 0.4) is 0 Å². The number of benzene rings is 1. The maximum Gasteiger partial charge on any atom is 0.307 e. The lowest BCUT2D eigenvalue weighted by atomic mass is 10.1. The van der Waals surface area contributed by atoms with Crippen molar-refractivity contribution in [2.45, 2.75) is 20.8 Å². The Morgan fingerprint density at radius 1 is 1.25 bits per heavy atom. The van der Waals surface area contributed by atoms with Gasteiger partial charge in [-0.15, -0.1) is 0 Å². The SMILES string of the molecule is Cc1ccc(F)c(NC(=O)C2C(C(=O)O)C2(C)C)c1F. The Morgan fingerprint density at radius 2 is 1.85 bits per heavy atom. The van der Waals surface area contributed by atoms with E-state index < -0.39 is 46.4 Å². The van der Waals surface area contributed by atoms with Crippen molar-refractivity contribution in [1.82, 2.24) is 0 Å². The molecule has 1 amide bonds. The number of carbonyl (C=O) groups is 2. The number of aliphatic carboxylic acids is 1. The van der Waals surface area contributed by atoms with Crippen molar-refractivity contribution >= 4 is 17.6 Å². The van der Waals surface area contributed by atoms with Crippen molar-refractivity contribution in [2.75, 3.05) is 5.32 Å². The number of carbonyl (C=O) groups excluding carboxylic acids is 1. The lowest BCUT2D eigenvalue weighted by Gasteiger charge is -2.09. The van der Waals surface area contributed by atoms with Crippen LogP contribution in [0, 0.1) is 35.8 Å². The van der Waals surface area contributed by atoms with Gasteiger partial charge in [-0.05, 0) is 24.0 Å². The Kier molecular flexibility index (Phi) is 3.28. The van der Waals surface area contributed by atoms with E-state index in [-0.39, 0.29) is 5.56 Å². The molecule has 108 valence electrons. The number of amides is 1. The second kappa shape index (κ2) is 4.54. The third kappa shape index (κ3) is 2.15. The predicted octanol–water partition coefficient (Wildman–Crippen LogP) is 2.57. The molecule has 4 nitrogen and oxygen atoms in total. The molecule has 0 aromatic heterocycles. The lowest BCUT2D eigenvalue weighted by Crippen LogP contribution is -2.19. The van der Waals surface area contributed by atoms with E-state index in [1.54, 1.807) is 13.8 Å². The van der Waals surface area contributed by atoms with Crippen molar-refractivity contribution in [3.8, 4) is 0 Å². The number of rotatable bonds is 3. The van der Waals surface area contributed by atoms with E-state index >= 15 is 0 Å². The fraction of sp³-hybridized carbons (Fsp3) is 0.429. The minimum atomic E-state index is -1.08. The summed E-state index contributed by atoms with van der Waals surface area (Å²) in [6.07, 6.45) is 0. The van der Waals surface area contributed by atoms with Gasteiger partial charge in [-0.2, -0.15) is 0 Å². The van der Waals surface area contributed by atoms with E-state index in [9.17, 15) is 18.4 Å². The standard InChI is InChI=1S/C14H15F2NO3/c1-6-4-5-7(15)11(10(6)16)17-12(18)8-9(13(19)20)14(8,2)3/h4-5,8-9H,1-3H3,(H,17,18)(H,19,20). The van der Waals surface area contributed by atoms with Crippen LogP contribution in [0.2, 0.25) is 0 Å². The number of hydrogen-bond acceptors (Lipinski definition) is 2. The zero-order valence-electron chi connectivity index (χ0n) is 11.3. The normalized spacial score (nSPS) is 23.2. The second-order valence-electron chi connectivity index (χ2n) is 5.66. The van der Waals surface area contributed by atoms with Crippen LogP contribution in [-0.4, -0.2) is 17.0 Å². The number of carboxylic acids is 1. The summed E-state index contributed by atoms with van der Waals surface area (Å²) < 4.78 is 27.3. The minimum absolute atomic E-state index is 0.201. The summed E-state index contributed by atoms with van der Waals surface area (Å²) in [7, 11) is 0. The van der Waals surface area contributed by atoms with E-state index in [1.807, 2.05) is 0 Å². The summed E-state index contributed by atoms with van der Waals surface area (Å²) in [4.78, 5) is 23.0. The topological polar surface area (TPSA) is 66.4 Å². The first-order valence-electron chi connectivity index (χ1n) is 6.16. The van der Waals surface area contributed by atoms with Crippen LogP contribution < -0.4 is 5.32 Å². The van der Waals surface area contributed by atoms with Gasteiger partial charge >= 0.3 is 5.97 Å². The summed E-state index contributed by atoms with van der Waals surface area (Å²) in [6, 6.07) is 2.32. The monoisotopic (exact) mass is 283 g/mol. The first-order valence-corrected chi connectivity index (χ1v) is 6.16. The van der Waals surface area contributed by atoms with Crippen molar-refractivity contribution in [1.29, 1.82) is 0 Å². The summed E-state index contributed by atoms with van der Waals surface area (Å²) in [5, 5.41) is 11.2. The molecule has 1 saturated carbocycles. The molecular formula is C14H15F2NO3. The van der Waals surface area contributed by atoms with Crippen molar-refractivity contribution < 1.29 is 23.5 Å². The fourth-order valence-corrected chi connectivity index (χ4v) is 2.56. The molecule has 6 heteroatoms.